The van der Waals surface area contributed by atoms with Gasteiger partial charge in [-0.05, 0) is 77.5 Å². The third kappa shape index (κ3) is 4.40. The van der Waals surface area contributed by atoms with Crippen molar-refractivity contribution < 1.29 is 9.53 Å². The van der Waals surface area contributed by atoms with E-state index in [0.29, 0.717) is 17.7 Å². The molecule has 1 atom stereocenters. The van der Waals surface area contributed by atoms with E-state index >= 15 is 0 Å². The fourth-order valence-corrected chi connectivity index (χ4v) is 2.32. The normalized spacial score (nSPS) is 11.7. The summed E-state index contributed by atoms with van der Waals surface area (Å²) in [6, 6.07) is 14.7. The van der Waals surface area contributed by atoms with Gasteiger partial charge >= 0.3 is 0 Å². The predicted octanol–water partition coefficient (Wildman–Crippen LogP) is 4.58. The van der Waals surface area contributed by atoms with Crippen molar-refractivity contribution >= 4 is 34.6 Å². The summed E-state index contributed by atoms with van der Waals surface area (Å²) in [5, 5.41) is 7.28. The molecule has 3 nitrogen and oxygen atoms in total. The Hall–Kier alpha value is -1.69. The maximum atomic E-state index is 12.4. The topological polar surface area (TPSA) is 50.1 Å². The number of halogens is 1. The molecule has 0 amide bonds. The Balaban J connectivity index is 2.03. The van der Waals surface area contributed by atoms with E-state index < -0.39 is 0 Å². The summed E-state index contributed by atoms with van der Waals surface area (Å²) < 4.78 is 6.75. The van der Waals surface area contributed by atoms with Gasteiger partial charge in [0.05, 0.1) is 6.61 Å². The molecule has 22 heavy (non-hydrogen) atoms. The molecule has 114 valence electrons. The average Bonchev–Trinajstić information content (AvgIpc) is 2.56. The lowest BCUT2D eigenvalue weighted by molar-refractivity contribution is 0.103. The summed E-state index contributed by atoms with van der Waals surface area (Å²) in [5.74, 6) is 0.862. The van der Waals surface area contributed by atoms with Gasteiger partial charge in [0.1, 0.15) is 5.75 Å². The van der Waals surface area contributed by atoms with Crippen LogP contribution in [0.3, 0.4) is 0 Å². The number of carbonyl (C=O) groups is 1. The van der Waals surface area contributed by atoms with Crippen molar-refractivity contribution in [2.24, 2.45) is 5.92 Å². The number of ketones is 1. The Morgan fingerprint density at radius 2 is 1.68 bits per heavy atom. The highest BCUT2D eigenvalue weighted by atomic mass is 127. The molecule has 4 heteroatoms. The molecule has 0 fully saturated rings. The molecular weight excluding hydrogens is 389 g/mol. The van der Waals surface area contributed by atoms with E-state index in [2.05, 4.69) is 22.6 Å². The van der Waals surface area contributed by atoms with Crippen LogP contribution >= 0.6 is 22.6 Å². The van der Waals surface area contributed by atoms with Crippen molar-refractivity contribution in [3.05, 3.63) is 63.2 Å². The fraction of sp³-hybridized carbons (Fsp3) is 0.222. The van der Waals surface area contributed by atoms with Gasteiger partial charge in [0, 0.05) is 26.8 Å². The average molecular weight is 407 g/mol. The minimum Gasteiger partial charge on any atom is -0.493 e. The van der Waals surface area contributed by atoms with Gasteiger partial charge in [-0.15, -0.1) is 0 Å². The number of rotatable bonds is 7. The molecule has 0 heterocycles. The van der Waals surface area contributed by atoms with Gasteiger partial charge in [0.2, 0.25) is 0 Å². The Morgan fingerprint density at radius 3 is 2.18 bits per heavy atom. The van der Waals surface area contributed by atoms with Crippen LogP contribution in [0.15, 0.2) is 48.5 Å². The molecule has 0 aliphatic carbocycles. The highest BCUT2D eigenvalue weighted by molar-refractivity contribution is 14.1. The maximum Gasteiger partial charge on any atom is 0.193 e. The number of hydrogen-bond donors (Lipinski definition) is 1. The van der Waals surface area contributed by atoms with E-state index in [1.807, 2.05) is 31.2 Å². The van der Waals surface area contributed by atoms with Gasteiger partial charge in [0.25, 0.3) is 0 Å². The zero-order chi connectivity index (χ0) is 15.9. The van der Waals surface area contributed by atoms with Gasteiger partial charge in [0.15, 0.2) is 5.78 Å². The van der Waals surface area contributed by atoms with Crippen molar-refractivity contribution in [1.82, 2.24) is 0 Å². The summed E-state index contributed by atoms with van der Waals surface area (Å²) in [5.41, 5.74) is 1.33. The van der Waals surface area contributed by atoms with Crippen molar-refractivity contribution in [3.63, 3.8) is 0 Å². The van der Waals surface area contributed by atoms with E-state index in [-0.39, 0.29) is 11.7 Å². The Bertz CT molecular complexity index is 635. The van der Waals surface area contributed by atoms with Gasteiger partial charge in [-0.2, -0.15) is 0 Å². The monoisotopic (exact) mass is 407 g/mol. The smallest absolute Gasteiger partial charge is 0.193 e. The van der Waals surface area contributed by atoms with Crippen LogP contribution in [0.5, 0.6) is 5.75 Å². The number of nitrogens with one attached hydrogen (secondary N) is 1. The third-order valence-electron chi connectivity index (χ3n) is 3.45. The first-order valence-corrected chi connectivity index (χ1v) is 8.25. The molecule has 1 N–H and O–H groups in total. The second kappa shape index (κ2) is 8.08. The zero-order valence-electron chi connectivity index (χ0n) is 12.4. The van der Waals surface area contributed by atoms with Crippen molar-refractivity contribution in [2.45, 2.75) is 13.3 Å². The fourth-order valence-electron chi connectivity index (χ4n) is 1.96. The standard InChI is InChI=1S/C18H18INO2/c1-2-13(11-20)12-22-17-9-5-15(6-10-17)18(21)14-3-7-16(19)8-4-14/h3-11,13,20H,2,12H2,1H3/t13-/m1/s1. The van der Waals surface area contributed by atoms with Crippen molar-refractivity contribution in [3.8, 4) is 5.75 Å². The van der Waals surface area contributed by atoms with Crippen LogP contribution in [-0.2, 0) is 0 Å². The highest BCUT2D eigenvalue weighted by Gasteiger charge is 2.09. The first-order valence-electron chi connectivity index (χ1n) is 7.17. The van der Waals surface area contributed by atoms with E-state index in [1.165, 1.54) is 6.21 Å². The quantitative estimate of drug-likeness (QED) is 0.415. The molecule has 0 spiro atoms. The molecule has 0 saturated carbocycles. The Morgan fingerprint density at radius 1 is 1.14 bits per heavy atom. The lowest BCUT2D eigenvalue weighted by Gasteiger charge is -2.11. The molecule has 0 radical (unpaired) electrons. The molecule has 0 saturated heterocycles. The van der Waals surface area contributed by atoms with E-state index in [0.717, 1.165) is 15.7 Å². The van der Waals surface area contributed by atoms with Gasteiger partial charge < -0.3 is 10.1 Å². The van der Waals surface area contributed by atoms with Gasteiger partial charge in [-0.3, -0.25) is 4.79 Å². The Kier molecular flexibility index (Phi) is 6.12. The van der Waals surface area contributed by atoms with Crippen LogP contribution in [0.2, 0.25) is 0 Å². The van der Waals surface area contributed by atoms with Crippen molar-refractivity contribution in [1.29, 1.82) is 5.41 Å². The SMILES string of the molecule is CC[C@H](C=N)COc1ccc(C(=O)c2ccc(I)cc2)cc1. The van der Waals surface area contributed by atoms with Crippen LogP contribution in [0.25, 0.3) is 0 Å². The zero-order valence-corrected chi connectivity index (χ0v) is 14.5. The molecule has 0 bridgehead atoms. The number of benzene rings is 2. The lowest BCUT2D eigenvalue weighted by atomic mass is 10.0. The van der Waals surface area contributed by atoms with Crippen molar-refractivity contribution in [2.75, 3.05) is 6.61 Å². The number of ether oxygens (including phenoxy) is 1. The summed E-state index contributed by atoms with van der Waals surface area (Å²) >= 11 is 2.22. The summed E-state index contributed by atoms with van der Waals surface area (Å²) in [6.45, 7) is 2.52. The van der Waals surface area contributed by atoms with Crippen LogP contribution < -0.4 is 4.74 Å². The molecule has 0 aliphatic heterocycles. The van der Waals surface area contributed by atoms with E-state index in [9.17, 15) is 4.79 Å². The molecular formula is C18H18INO2. The summed E-state index contributed by atoms with van der Waals surface area (Å²) in [4.78, 5) is 12.4. The second-order valence-electron chi connectivity index (χ2n) is 5.01. The number of hydrogen-bond acceptors (Lipinski definition) is 3. The van der Waals surface area contributed by atoms with E-state index in [4.69, 9.17) is 10.1 Å². The van der Waals surface area contributed by atoms with Crippen LogP contribution in [-0.4, -0.2) is 18.6 Å². The molecule has 0 aromatic heterocycles. The van der Waals surface area contributed by atoms with Crippen LogP contribution in [0.4, 0.5) is 0 Å². The first-order chi connectivity index (χ1) is 10.6. The molecule has 0 unspecified atom stereocenters. The first kappa shape index (κ1) is 16.7. The molecule has 2 aromatic carbocycles. The highest BCUT2D eigenvalue weighted by Crippen LogP contribution is 2.17. The van der Waals surface area contributed by atoms with Gasteiger partial charge in [-0.25, -0.2) is 0 Å². The Labute approximate surface area is 144 Å². The predicted molar refractivity (Wildman–Crippen MR) is 97.1 cm³/mol. The van der Waals surface area contributed by atoms with Gasteiger partial charge in [-0.1, -0.05) is 6.92 Å². The van der Waals surface area contributed by atoms with E-state index in [1.54, 1.807) is 24.3 Å². The summed E-state index contributed by atoms with van der Waals surface area (Å²) in [7, 11) is 0. The summed E-state index contributed by atoms with van der Waals surface area (Å²) in [6.07, 6.45) is 2.29. The maximum absolute atomic E-state index is 12.4. The second-order valence-corrected chi connectivity index (χ2v) is 6.25. The molecule has 2 rings (SSSR count). The molecule has 2 aromatic rings. The van der Waals surface area contributed by atoms with Crippen LogP contribution in [0.1, 0.15) is 29.3 Å². The largest absolute Gasteiger partial charge is 0.493 e. The lowest BCUT2D eigenvalue weighted by Crippen LogP contribution is -2.12. The third-order valence-corrected chi connectivity index (χ3v) is 4.17. The minimum atomic E-state index is 0.00822. The minimum absolute atomic E-state index is 0.00822. The van der Waals surface area contributed by atoms with Crippen LogP contribution in [0, 0.1) is 14.9 Å². The number of carbonyl (C=O) groups excluding carboxylic acids is 1. The molecule has 0 aliphatic rings.